The molecule has 0 saturated carbocycles. The molecule has 0 unspecified atom stereocenters. The first-order valence-electron chi connectivity index (χ1n) is 5.48. The quantitative estimate of drug-likeness (QED) is 0.352. The molecule has 1 N–H and O–H groups in total. The van der Waals surface area contributed by atoms with Gasteiger partial charge in [-0.3, -0.25) is 0 Å². The van der Waals surface area contributed by atoms with Crippen LogP contribution in [0.1, 0.15) is 33.1 Å². The number of hydrogen-bond acceptors (Lipinski definition) is 4. The molecule has 0 aromatic heterocycles. The summed E-state index contributed by atoms with van der Waals surface area (Å²) in [7, 11) is 1.33. The van der Waals surface area contributed by atoms with Gasteiger partial charge in [0.1, 0.15) is 11.6 Å². The van der Waals surface area contributed by atoms with Gasteiger partial charge in [-0.05, 0) is 13.3 Å². The molecular weight excluding hydrogens is 234 g/mol. The first kappa shape index (κ1) is 18.3. The minimum atomic E-state index is -1.14. The van der Waals surface area contributed by atoms with Gasteiger partial charge in [0, 0.05) is 5.57 Å². The third kappa shape index (κ3) is 10.4. The lowest BCUT2D eigenvalue weighted by Gasteiger charge is -1.91. The smallest absolute Gasteiger partial charge is 0.346 e. The zero-order chi connectivity index (χ0) is 14.6. The first-order valence-corrected chi connectivity index (χ1v) is 5.48. The Morgan fingerprint density at radius 2 is 2.06 bits per heavy atom. The van der Waals surface area contributed by atoms with Crippen LogP contribution in [0.15, 0.2) is 23.8 Å². The van der Waals surface area contributed by atoms with Crippen LogP contribution in [0.3, 0.4) is 0 Å². The second-order valence-corrected chi connectivity index (χ2v) is 3.45. The highest BCUT2D eigenvalue weighted by atomic mass is 16.5. The van der Waals surface area contributed by atoms with E-state index in [-0.39, 0.29) is 11.5 Å². The molecule has 5 heteroatoms. The molecule has 5 nitrogen and oxygen atoms in total. The number of esters is 1. The standard InChI is InChI=1S/C8H11NO2.C5H8O2/c1-2-3-4-5-7(6-9)8(10)11;1-4(2)5(6)7-3/h5H,2-4H2,1H3,(H,10,11);1H2,2-3H3. The van der Waals surface area contributed by atoms with Gasteiger partial charge in [-0.1, -0.05) is 32.4 Å². The van der Waals surface area contributed by atoms with Crippen molar-refractivity contribution >= 4 is 11.9 Å². The predicted molar refractivity (Wildman–Crippen MR) is 67.7 cm³/mol. The van der Waals surface area contributed by atoms with Crippen molar-refractivity contribution in [2.45, 2.75) is 33.1 Å². The Balaban J connectivity index is 0. The van der Waals surface area contributed by atoms with Crippen molar-refractivity contribution in [1.82, 2.24) is 0 Å². The normalized spacial score (nSPS) is 9.56. The molecule has 18 heavy (non-hydrogen) atoms. The molecule has 0 aliphatic heterocycles. The summed E-state index contributed by atoms with van der Waals surface area (Å²) in [4.78, 5) is 20.4. The van der Waals surface area contributed by atoms with Gasteiger partial charge in [-0.15, -0.1) is 0 Å². The third-order valence-corrected chi connectivity index (χ3v) is 1.79. The van der Waals surface area contributed by atoms with Crippen molar-refractivity contribution in [3.05, 3.63) is 23.8 Å². The number of hydrogen-bond donors (Lipinski definition) is 1. The summed E-state index contributed by atoms with van der Waals surface area (Å²) in [5, 5.41) is 16.7. The SMILES string of the molecule is C=C(C)C(=O)OC.CCCCC=C(C#N)C(=O)O. The summed E-state index contributed by atoms with van der Waals surface area (Å²) in [6.45, 7) is 6.97. The molecule has 0 atom stereocenters. The number of aliphatic carboxylic acids is 1. The Morgan fingerprint density at radius 1 is 1.50 bits per heavy atom. The molecule has 0 aromatic carbocycles. The van der Waals surface area contributed by atoms with Crippen LogP contribution in [0.5, 0.6) is 0 Å². The minimum absolute atomic E-state index is 0.154. The van der Waals surface area contributed by atoms with E-state index in [1.807, 2.05) is 6.92 Å². The topological polar surface area (TPSA) is 87.4 Å². The van der Waals surface area contributed by atoms with E-state index in [1.54, 1.807) is 13.0 Å². The Hall–Kier alpha value is -2.09. The van der Waals surface area contributed by atoms with Crippen molar-refractivity contribution < 1.29 is 19.4 Å². The van der Waals surface area contributed by atoms with Crippen LogP contribution in [0.25, 0.3) is 0 Å². The molecule has 0 aliphatic carbocycles. The van der Waals surface area contributed by atoms with Gasteiger partial charge >= 0.3 is 11.9 Å². The fourth-order valence-corrected chi connectivity index (χ4v) is 0.806. The van der Waals surface area contributed by atoms with Crippen LogP contribution < -0.4 is 0 Å². The van der Waals surface area contributed by atoms with E-state index in [1.165, 1.54) is 13.2 Å². The molecule has 0 aromatic rings. The number of carbonyl (C=O) groups is 2. The van der Waals surface area contributed by atoms with Crippen LogP contribution in [0.2, 0.25) is 0 Å². The molecule has 100 valence electrons. The van der Waals surface area contributed by atoms with E-state index in [9.17, 15) is 9.59 Å². The molecule has 0 saturated heterocycles. The maximum absolute atomic E-state index is 10.2. The molecule has 0 aliphatic rings. The summed E-state index contributed by atoms with van der Waals surface area (Å²) < 4.78 is 4.27. The fourth-order valence-electron chi connectivity index (χ4n) is 0.806. The van der Waals surface area contributed by atoms with E-state index in [2.05, 4.69) is 11.3 Å². The number of carboxylic acid groups (broad SMARTS) is 1. The maximum atomic E-state index is 10.2. The van der Waals surface area contributed by atoms with Crippen LogP contribution in [-0.4, -0.2) is 24.2 Å². The second kappa shape index (κ2) is 11.4. The summed E-state index contributed by atoms with van der Waals surface area (Å²) in [5.41, 5.74) is 0.279. The van der Waals surface area contributed by atoms with E-state index in [0.29, 0.717) is 12.0 Å². The number of carboxylic acids is 1. The zero-order valence-electron chi connectivity index (χ0n) is 11.0. The molecule has 0 rings (SSSR count). The minimum Gasteiger partial charge on any atom is -0.477 e. The number of nitrogens with zero attached hydrogens (tertiary/aromatic N) is 1. The van der Waals surface area contributed by atoms with Gasteiger partial charge in [-0.25, -0.2) is 9.59 Å². The van der Waals surface area contributed by atoms with E-state index >= 15 is 0 Å². The van der Waals surface area contributed by atoms with Crippen LogP contribution in [-0.2, 0) is 14.3 Å². The van der Waals surface area contributed by atoms with Crippen molar-refractivity contribution in [3.63, 3.8) is 0 Å². The van der Waals surface area contributed by atoms with Gasteiger partial charge in [0.2, 0.25) is 0 Å². The van der Waals surface area contributed by atoms with Gasteiger partial charge < -0.3 is 9.84 Å². The fraction of sp³-hybridized carbons (Fsp3) is 0.462. The number of allylic oxidation sites excluding steroid dienone is 1. The maximum Gasteiger partial charge on any atom is 0.346 e. The number of carbonyl (C=O) groups excluding carboxylic acids is 1. The van der Waals surface area contributed by atoms with E-state index < -0.39 is 5.97 Å². The summed E-state index contributed by atoms with van der Waals surface area (Å²) in [6, 6.07) is 1.62. The summed E-state index contributed by atoms with van der Waals surface area (Å²) in [6.07, 6.45) is 4.07. The largest absolute Gasteiger partial charge is 0.477 e. The van der Waals surface area contributed by atoms with Crippen LogP contribution in [0, 0.1) is 11.3 Å². The average molecular weight is 253 g/mol. The Kier molecular flexibility index (Phi) is 11.6. The molecule has 0 spiro atoms. The zero-order valence-corrected chi connectivity index (χ0v) is 11.0. The molecule has 0 radical (unpaired) electrons. The number of rotatable bonds is 5. The first-order chi connectivity index (χ1) is 8.40. The lowest BCUT2D eigenvalue weighted by molar-refractivity contribution is -0.136. The Labute approximate surface area is 107 Å². The molecular formula is C13H19NO4. The molecule has 0 heterocycles. The van der Waals surface area contributed by atoms with Crippen molar-refractivity contribution in [2.24, 2.45) is 0 Å². The highest BCUT2D eigenvalue weighted by Gasteiger charge is 2.03. The molecule has 0 bridgehead atoms. The van der Waals surface area contributed by atoms with Gasteiger partial charge in [0.15, 0.2) is 0 Å². The van der Waals surface area contributed by atoms with Gasteiger partial charge in [-0.2, -0.15) is 5.26 Å². The predicted octanol–water partition coefficient (Wildman–Crippen LogP) is 2.45. The second-order valence-electron chi connectivity index (χ2n) is 3.45. The summed E-state index contributed by atoms with van der Waals surface area (Å²) >= 11 is 0. The van der Waals surface area contributed by atoms with Crippen LogP contribution >= 0.6 is 0 Å². The number of unbranched alkanes of at least 4 members (excludes halogenated alkanes) is 2. The lowest BCUT2D eigenvalue weighted by Crippen LogP contribution is -1.98. The number of nitriles is 1. The van der Waals surface area contributed by atoms with Crippen LogP contribution in [0.4, 0.5) is 0 Å². The Morgan fingerprint density at radius 3 is 2.28 bits per heavy atom. The Bertz CT molecular complexity index is 364. The van der Waals surface area contributed by atoms with E-state index in [0.717, 1.165) is 12.8 Å². The molecule has 0 fully saturated rings. The number of ether oxygens (including phenoxy) is 1. The summed E-state index contributed by atoms with van der Waals surface area (Å²) in [5.74, 6) is -1.48. The number of methoxy groups -OCH3 is 1. The van der Waals surface area contributed by atoms with Gasteiger partial charge in [0.25, 0.3) is 0 Å². The lowest BCUT2D eigenvalue weighted by atomic mass is 10.2. The van der Waals surface area contributed by atoms with E-state index in [4.69, 9.17) is 10.4 Å². The highest BCUT2D eigenvalue weighted by molar-refractivity contribution is 5.90. The highest BCUT2D eigenvalue weighted by Crippen LogP contribution is 2.00. The van der Waals surface area contributed by atoms with Crippen molar-refractivity contribution in [2.75, 3.05) is 7.11 Å². The van der Waals surface area contributed by atoms with Crippen molar-refractivity contribution in [1.29, 1.82) is 5.26 Å². The average Bonchev–Trinajstić information content (AvgIpc) is 2.33. The van der Waals surface area contributed by atoms with Gasteiger partial charge in [0.05, 0.1) is 7.11 Å². The van der Waals surface area contributed by atoms with Crippen molar-refractivity contribution in [3.8, 4) is 6.07 Å². The third-order valence-electron chi connectivity index (χ3n) is 1.79. The monoisotopic (exact) mass is 253 g/mol. The molecule has 0 amide bonds.